The van der Waals surface area contributed by atoms with Gasteiger partial charge >= 0.3 is 0 Å². The molecule has 4 fully saturated rings. The number of ether oxygens (including phenoxy) is 3. The number of nitriles is 1. The van der Waals surface area contributed by atoms with Gasteiger partial charge in [-0.15, -0.1) is 0 Å². The Balaban J connectivity index is 0.000000149. The minimum absolute atomic E-state index is 0.0502. The highest BCUT2D eigenvalue weighted by molar-refractivity contribution is 9.10. The predicted molar refractivity (Wildman–Crippen MR) is 413 cm³/mol. The van der Waals surface area contributed by atoms with Crippen LogP contribution in [0.1, 0.15) is 111 Å². The number of methoxy groups -OCH3 is 3. The van der Waals surface area contributed by atoms with Crippen molar-refractivity contribution in [2.45, 2.75) is 108 Å². The molecule has 109 heavy (non-hydrogen) atoms. The number of fused-ring (bicyclic) bond motifs is 8. The van der Waals surface area contributed by atoms with E-state index in [1.54, 1.807) is 45.7 Å². The van der Waals surface area contributed by atoms with Gasteiger partial charge in [0.1, 0.15) is 70.1 Å². The van der Waals surface area contributed by atoms with Crippen LogP contribution in [-0.4, -0.2) is 180 Å². The van der Waals surface area contributed by atoms with Gasteiger partial charge in [-0.1, -0.05) is 15.9 Å². The maximum absolute atomic E-state index is 13.4. The Labute approximate surface area is 652 Å². The molecule has 7 aromatic rings. The molecule has 0 bridgehead atoms. The molecule has 0 atom stereocenters. The lowest BCUT2D eigenvalue weighted by molar-refractivity contribution is 0.0765. The van der Waals surface area contributed by atoms with Gasteiger partial charge in [0, 0.05) is 90.0 Å². The van der Waals surface area contributed by atoms with Crippen molar-refractivity contribution in [3.63, 3.8) is 0 Å². The van der Waals surface area contributed by atoms with Crippen molar-refractivity contribution >= 4 is 94.3 Å². The molecule has 3 amide bonds. The fourth-order valence-corrected chi connectivity index (χ4v) is 15.8. The molecule has 9 N–H and O–H groups in total. The third kappa shape index (κ3) is 16.9. The molecule has 35 nitrogen and oxygen atoms in total. The molecular formula is C71H82Br3N25O10. The van der Waals surface area contributed by atoms with Crippen LogP contribution in [0.4, 0.5) is 28.8 Å². The molecule has 4 spiro atoms. The van der Waals surface area contributed by atoms with Crippen LogP contribution >= 0.6 is 47.8 Å². The Hall–Kier alpha value is -10.6. The predicted octanol–water partition coefficient (Wildman–Crippen LogP) is 5.45. The maximum atomic E-state index is 13.4. The third-order valence-electron chi connectivity index (χ3n) is 20.2. The third-order valence-corrected chi connectivity index (χ3v) is 21.6. The number of hydrogen-bond acceptors (Lipinski definition) is 25. The number of piperidine rings is 4. The number of anilines is 5. The average Bonchev–Trinajstić information content (AvgIpc) is 1.61. The van der Waals surface area contributed by atoms with Gasteiger partial charge in [0.05, 0.1) is 60.3 Å². The van der Waals surface area contributed by atoms with E-state index in [9.17, 15) is 33.6 Å². The molecule has 7 aromatic heterocycles. The molecular weight excluding hydrogens is 1600 g/mol. The highest BCUT2D eigenvalue weighted by atomic mass is 79.9. The van der Waals surface area contributed by atoms with Gasteiger partial charge in [0.25, 0.3) is 60.0 Å². The lowest BCUT2D eigenvalue weighted by Crippen LogP contribution is -2.54. The largest absolute Gasteiger partial charge is 0.491 e. The van der Waals surface area contributed by atoms with Crippen LogP contribution in [0.2, 0.25) is 0 Å². The number of likely N-dealkylation sites (tertiary alicyclic amines) is 3. The standard InChI is InChI=1S/2C19H21N7O3.C14H17BrN4O.C12H14BrN3O2.C5H7N3O.C2H2BrN/c2*1-12-8-13(23-16-14(29-3)9-21-10-22-16)18(28)26-15(12)17(27)24-19(26)4-6-25(7-5-19)11-20-2;1-10-7-11(15)13(20)19-12(10)8-17-14(19)3-5-18(6-4-14)9-16-2;1-7-6-8(13)11(18)16-9(7)10(17)15-12(16)2-4-14-5-3-12;1-9-4-2-7-3-8-5(4)6;3-1-2-4/h2*8-10H,4-7,11H2,1,3H3,(H,24,27)(H,21,22,23);7,17H,3-6,8-9H2,1H3;6,14H,2-5H2,1H3,(H,15,17);2-3H,1H3,(H2,6,7,8);1H2. The summed E-state index contributed by atoms with van der Waals surface area (Å²) < 4.78 is 23.2. The number of halogens is 3. The van der Waals surface area contributed by atoms with Crippen molar-refractivity contribution in [2.75, 3.05) is 115 Å². The van der Waals surface area contributed by atoms with E-state index < -0.39 is 17.0 Å². The summed E-state index contributed by atoms with van der Waals surface area (Å²) in [5, 5.41) is 29.9. The highest BCUT2D eigenvalue weighted by Crippen LogP contribution is 2.39. The zero-order chi connectivity index (χ0) is 78.5. The summed E-state index contributed by atoms with van der Waals surface area (Å²) in [6.07, 6.45) is 14.1. The second kappa shape index (κ2) is 35.2. The summed E-state index contributed by atoms with van der Waals surface area (Å²) >= 11 is 9.54. The number of aryl methyl sites for hydroxylation is 4. The zero-order valence-corrected chi connectivity index (χ0v) is 65.8. The molecule has 15 rings (SSSR count). The van der Waals surface area contributed by atoms with Gasteiger partial charge in [-0.2, -0.15) is 5.26 Å². The number of alkyl halides is 1. The molecule has 8 aliphatic heterocycles. The van der Waals surface area contributed by atoms with E-state index in [4.69, 9.17) is 44.9 Å². The van der Waals surface area contributed by atoms with Crippen molar-refractivity contribution < 1.29 is 28.6 Å². The first-order valence-electron chi connectivity index (χ1n) is 34.6. The SMILES string of the molecule is COc1cncnc1N.Cc1cc(Br)c(=O)n2c1C(=O)NC21CCNCC1.N#CCBr.[C-]#[N+]CN1CCC2(CC1)NC(=O)c1c(C)cc(Nc3ncncc3OC)c(=O)n12.[C-]#[N+]CN1CCC2(CC1)NC(=O)c1c(C)cc(Nc3ncncc3OC)c(=O)n12.[C-]#[N+]CN1CCC2(CC1)NCc1c(C)cc(Br)c(=O)n12. The quantitative estimate of drug-likeness (QED) is 0.0623. The smallest absolute Gasteiger partial charge is 0.276 e. The average molecular weight is 1690 g/mol. The topological polar surface area (TPSA) is 401 Å². The second-order valence-electron chi connectivity index (χ2n) is 26.6. The van der Waals surface area contributed by atoms with Crippen LogP contribution < -0.4 is 79.4 Å². The van der Waals surface area contributed by atoms with Gasteiger partial charge in [0.2, 0.25) is 0 Å². The van der Waals surface area contributed by atoms with E-state index in [2.05, 4.69) is 134 Å². The first-order valence-corrected chi connectivity index (χ1v) is 37.3. The molecule has 0 aliphatic carbocycles. The minimum atomic E-state index is -0.778. The number of aromatic nitrogens is 10. The fraction of sp³-hybridized carbons (Fsp3) is 0.451. The number of pyridine rings is 4. The summed E-state index contributed by atoms with van der Waals surface area (Å²) in [4.78, 5) is 129. The number of amides is 3. The Morgan fingerprint density at radius 3 is 1.25 bits per heavy atom. The lowest BCUT2D eigenvalue weighted by Gasteiger charge is -2.39. The van der Waals surface area contributed by atoms with Gasteiger partial charge in [0.15, 0.2) is 34.7 Å². The van der Waals surface area contributed by atoms with Crippen LogP contribution in [0.5, 0.6) is 17.2 Å². The Bertz CT molecular complexity index is 4860. The number of nitrogen functional groups attached to an aromatic ring is 1. The van der Waals surface area contributed by atoms with Crippen molar-refractivity contribution in [3.05, 3.63) is 191 Å². The first kappa shape index (κ1) is 81.0. The minimum Gasteiger partial charge on any atom is -0.491 e. The molecule has 572 valence electrons. The number of hydrogen-bond donors (Lipinski definition) is 8. The van der Waals surface area contributed by atoms with Crippen LogP contribution in [-0.2, 0) is 29.2 Å². The normalized spacial score (nSPS) is 17.5. The van der Waals surface area contributed by atoms with Crippen LogP contribution in [0.15, 0.2) is 90.0 Å². The number of carbonyl (C=O) groups excluding carboxylic acids is 3. The maximum Gasteiger partial charge on any atom is 0.276 e. The first-order chi connectivity index (χ1) is 52.4. The molecule has 4 saturated heterocycles. The molecule has 0 unspecified atom stereocenters. The van der Waals surface area contributed by atoms with E-state index in [1.807, 2.05) is 40.3 Å². The Morgan fingerprint density at radius 1 is 0.523 bits per heavy atom. The monoisotopic (exact) mass is 1680 g/mol. The Morgan fingerprint density at radius 2 is 0.872 bits per heavy atom. The van der Waals surface area contributed by atoms with Crippen molar-refractivity contribution in [3.8, 4) is 23.3 Å². The number of carbonyl (C=O) groups is 3. The molecule has 0 radical (unpaired) electrons. The zero-order valence-electron chi connectivity index (χ0n) is 61.0. The van der Waals surface area contributed by atoms with E-state index in [-0.39, 0.29) is 45.6 Å². The van der Waals surface area contributed by atoms with Crippen LogP contribution in [0.3, 0.4) is 0 Å². The van der Waals surface area contributed by atoms with E-state index in [1.165, 1.54) is 58.9 Å². The van der Waals surface area contributed by atoms with Crippen molar-refractivity contribution in [1.82, 2.24) is 89.5 Å². The second-order valence-corrected chi connectivity index (χ2v) is 28.9. The molecule has 15 heterocycles. The summed E-state index contributed by atoms with van der Waals surface area (Å²) in [7, 11) is 4.52. The molecule has 0 saturated carbocycles. The summed E-state index contributed by atoms with van der Waals surface area (Å²) in [6.45, 7) is 36.2. The van der Waals surface area contributed by atoms with Gasteiger partial charge in [-0.05, 0) is 132 Å². The van der Waals surface area contributed by atoms with E-state index >= 15 is 0 Å². The fourth-order valence-electron chi connectivity index (χ4n) is 14.8. The van der Waals surface area contributed by atoms with Gasteiger partial charge in [-0.25, -0.2) is 64.3 Å². The van der Waals surface area contributed by atoms with Crippen LogP contribution in [0, 0.1) is 58.7 Å². The van der Waals surface area contributed by atoms with Crippen LogP contribution in [0.25, 0.3) is 14.5 Å². The number of nitrogens with one attached hydrogen (secondary N) is 7. The summed E-state index contributed by atoms with van der Waals surface area (Å²) in [5.41, 5.74) is 8.65. The number of rotatable bonds is 10. The van der Waals surface area contributed by atoms with Crippen molar-refractivity contribution in [1.29, 1.82) is 5.26 Å². The van der Waals surface area contributed by atoms with Gasteiger partial charge < -0.3 is 51.8 Å². The highest BCUT2D eigenvalue weighted by Gasteiger charge is 2.50. The van der Waals surface area contributed by atoms with E-state index in [0.29, 0.717) is 160 Å². The Kier molecular flexibility index (Phi) is 26.2. The number of nitrogens with zero attached hydrogens (tertiary/aromatic N) is 17. The molecule has 38 heteroatoms. The van der Waals surface area contributed by atoms with Crippen molar-refractivity contribution in [2.24, 2.45) is 0 Å². The number of nitrogens with two attached hydrogens (primary N) is 1. The van der Waals surface area contributed by atoms with E-state index in [0.717, 1.165) is 75.2 Å². The summed E-state index contributed by atoms with van der Waals surface area (Å²) in [6, 6.07) is 8.78. The van der Waals surface area contributed by atoms with Gasteiger partial charge in [-0.3, -0.25) is 71.7 Å². The lowest BCUT2D eigenvalue weighted by atomic mass is 9.97. The summed E-state index contributed by atoms with van der Waals surface area (Å²) in [5.74, 6) is 1.81. The molecule has 8 aliphatic rings. The molecule has 0 aromatic carbocycles.